The maximum Gasteiger partial charge on any atom is 0.270 e. The predicted molar refractivity (Wildman–Crippen MR) is 89.8 cm³/mol. The van der Waals surface area contributed by atoms with E-state index in [0.717, 1.165) is 0 Å². The lowest BCUT2D eigenvalue weighted by molar-refractivity contribution is -0.112. The minimum Gasteiger partial charge on any atom is -0.506 e. The maximum atomic E-state index is 12.3. The van der Waals surface area contributed by atoms with Crippen molar-refractivity contribution in [2.24, 2.45) is 0 Å². The number of ether oxygens (including phenoxy) is 2. The monoisotopic (exact) mass is 324 g/mol. The average Bonchev–Trinajstić information content (AvgIpc) is 2.62. The Kier molecular flexibility index (Phi) is 5.42. The summed E-state index contributed by atoms with van der Waals surface area (Å²) in [4.78, 5) is 12.3. The molecule has 0 fully saturated rings. The van der Waals surface area contributed by atoms with Crippen molar-refractivity contribution in [3.63, 3.8) is 0 Å². The molecule has 0 saturated heterocycles. The molecule has 0 unspecified atom stereocenters. The van der Waals surface area contributed by atoms with Gasteiger partial charge in [0.25, 0.3) is 5.91 Å². The topological polar surface area (TPSA) is 91.6 Å². The molecule has 0 bridgehead atoms. The first kappa shape index (κ1) is 16.9. The Hall–Kier alpha value is -3.46. The molecule has 0 aliphatic carbocycles. The van der Waals surface area contributed by atoms with E-state index in [4.69, 9.17) is 9.47 Å². The third-order valence-corrected chi connectivity index (χ3v) is 3.27. The fourth-order valence-corrected chi connectivity index (χ4v) is 2.08. The number of para-hydroxylation sites is 1. The number of carbonyl (C=O) groups is 1. The summed E-state index contributed by atoms with van der Waals surface area (Å²) in [6, 6.07) is 15.0. The summed E-state index contributed by atoms with van der Waals surface area (Å²) in [6.45, 7) is 0. The average molecular weight is 324 g/mol. The fraction of sp³-hybridized carbons (Fsp3) is 0.111. The summed E-state index contributed by atoms with van der Waals surface area (Å²) in [5.74, 6) is -0.259. The minimum atomic E-state index is -0.728. The third-order valence-electron chi connectivity index (χ3n) is 3.27. The molecule has 0 spiro atoms. The van der Waals surface area contributed by atoms with E-state index in [1.54, 1.807) is 54.6 Å². The summed E-state index contributed by atoms with van der Waals surface area (Å²) in [5, 5.41) is 22.2. The van der Waals surface area contributed by atoms with Crippen molar-refractivity contribution < 1.29 is 19.4 Å². The molecule has 0 atom stereocenters. The van der Waals surface area contributed by atoms with Crippen molar-refractivity contribution in [1.29, 1.82) is 5.26 Å². The van der Waals surface area contributed by atoms with Crippen molar-refractivity contribution in [3.8, 4) is 17.6 Å². The number of benzene rings is 2. The summed E-state index contributed by atoms with van der Waals surface area (Å²) in [7, 11) is 2.95. The van der Waals surface area contributed by atoms with Gasteiger partial charge < -0.3 is 19.9 Å². The number of hydrogen-bond donors (Lipinski definition) is 2. The molecule has 0 aliphatic heterocycles. The molecule has 6 heteroatoms. The van der Waals surface area contributed by atoms with Gasteiger partial charge in [0.05, 0.1) is 19.8 Å². The van der Waals surface area contributed by atoms with Gasteiger partial charge >= 0.3 is 0 Å². The molecule has 0 heterocycles. The van der Waals surface area contributed by atoms with E-state index in [2.05, 4.69) is 5.32 Å². The first-order valence-electron chi connectivity index (χ1n) is 7.02. The van der Waals surface area contributed by atoms with Crippen LogP contribution in [0.5, 0.6) is 11.5 Å². The lowest BCUT2D eigenvalue weighted by Gasteiger charge is -2.10. The molecule has 0 aromatic heterocycles. The van der Waals surface area contributed by atoms with Crippen LogP contribution in [-0.4, -0.2) is 25.2 Å². The molecule has 2 rings (SSSR count). The van der Waals surface area contributed by atoms with E-state index in [9.17, 15) is 15.2 Å². The lowest BCUT2D eigenvalue weighted by Crippen LogP contribution is -2.15. The molecular weight excluding hydrogens is 308 g/mol. The highest BCUT2D eigenvalue weighted by Gasteiger charge is 2.19. The third kappa shape index (κ3) is 3.65. The number of anilines is 1. The van der Waals surface area contributed by atoms with E-state index in [0.29, 0.717) is 17.2 Å². The Labute approximate surface area is 139 Å². The van der Waals surface area contributed by atoms with E-state index < -0.39 is 17.2 Å². The van der Waals surface area contributed by atoms with Crippen LogP contribution in [0.15, 0.2) is 54.1 Å². The molecule has 24 heavy (non-hydrogen) atoms. The van der Waals surface area contributed by atoms with Crippen molar-refractivity contribution in [2.45, 2.75) is 0 Å². The molecule has 2 N–H and O–H groups in total. The first-order valence-corrected chi connectivity index (χ1v) is 7.02. The van der Waals surface area contributed by atoms with Crippen LogP contribution >= 0.6 is 0 Å². The van der Waals surface area contributed by atoms with Crippen LogP contribution in [0, 0.1) is 11.3 Å². The van der Waals surface area contributed by atoms with Crippen molar-refractivity contribution >= 4 is 17.4 Å². The van der Waals surface area contributed by atoms with Crippen LogP contribution in [0.1, 0.15) is 5.56 Å². The molecular formula is C18H16N2O4. The minimum absolute atomic E-state index is 0.261. The van der Waals surface area contributed by atoms with Crippen molar-refractivity contribution in [3.05, 3.63) is 59.7 Å². The molecule has 0 aliphatic rings. The number of nitriles is 1. The van der Waals surface area contributed by atoms with Gasteiger partial charge in [-0.05, 0) is 24.3 Å². The second-order valence-electron chi connectivity index (χ2n) is 4.72. The smallest absolute Gasteiger partial charge is 0.270 e. The highest BCUT2D eigenvalue weighted by Crippen LogP contribution is 2.26. The zero-order valence-corrected chi connectivity index (χ0v) is 13.2. The Morgan fingerprint density at radius 1 is 1.12 bits per heavy atom. The molecule has 6 nitrogen and oxygen atoms in total. The van der Waals surface area contributed by atoms with Crippen LogP contribution in [0.25, 0.3) is 5.76 Å². The van der Waals surface area contributed by atoms with Gasteiger partial charge in [0.2, 0.25) is 0 Å². The maximum absolute atomic E-state index is 12.3. The zero-order valence-electron chi connectivity index (χ0n) is 13.2. The first-order chi connectivity index (χ1) is 11.6. The highest BCUT2D eigenvalue weighted by molar-refractivity contribution is 6.11. The van der Waals surface area contributed by atoms with Crippen LogP contribution in [-0.2, 0) is 4.79 Å². The number of hydrogen-bond acceptors (Lipinski definition) is 5. The van der Waals surface area contributed by atoms with E-state index >= 15 is 0 Å². The Morgan fingerprint density at radius 2 is 1.88 bits per heavy atom. The SMILES string of the molecule is COc1cccc(NC(=O)/C(C#N)=C(\O)c2ccccc2OC)c1. The number of amides is 1. The number of aliphatic hydroxyl groups is 1. The lowest BCUT2D eigenvalue weighted by atomic mass is 10.1. The molecule has 122 valence electrons. The summed E-state index contributed by atoms with van der Waals surface area (Å²) in [5.41, 5.74) is 0.291. The highest BCUT2D eigenvalue weighted by atomic mass is 16.5. The normalized spacial score (nSPS) is 11.0. The Morgan fingerprint density at radius 3 is 2.54 bits per heavy atom. The van der Waals surface area contributed by atoms with Crippen molar-refractivity contribution in [2.75, 3.05) is 19.5 Å². The van der Waals surface area contributed by atoms with Gasteiger partial charge in [-0.2, -0.15) is 5.26 Å². The van der Waals surface area contributed by atoms with Crippen LogP contribution < -0.4 is 14.8 Å². The molecule has 0 radical (unpaired) electrons. The van der Waals surface area contributed by atoms with Crippen molar-refractivity contribution in [1.82, 2.24) is 0 Å². The summed E-state index contributed by atoms with van der Waals surface area (Å²) in [6.07, 6.45) is 0. The van der Waals surface area contributed by atoms with Gasteiger partial charge in [0.1, 0.15) is 23.3 Å². The van der Waals surface area contributed by atoms with Crippen LogP contribution in [0.3, 0.4) is 0 Å². The Balaban J connectivity index is 2.35. The largest absolute Gasteiger partial charge is 0.506 e. The van der Waals surface area contributed by atoms with E-state index in [1.807, 2.05) is 0 Å². The number of aliphatic hydroxyl groups excluding tert-OH is 1. The Bertz CT molecular complexity index is 822. The zero-order chi connectivity index (χ0) is 17.5. The van der Waals surface area contributed by atoms with Gasteiger partial charge in [-0.1, -0.05) is 18.2 Å². The number of carbonyl (C=O) groups excluding carboxylic acids is 1. The quantitative estimate of drug-likeness (QED) is 0.501. The second kappa shape index (κ2) is 7.70. The molecule has 0 saturated carbocycles. The predicted octanol–water partition coefficient (Wildman–Crippen LogP) is 3.14. The standard InChI is InChI=1S/C18H16N2O4/c1-23-13-7-5-6-12(10-13)20-18(22)15(11-19)17(21)14-8-3-4-9-16(14)24-2/h3-10,21H,1-2H3,(H,20,22)/b17-15-. The molecule has 2 aromatic rings. The van der Waals surface area contributed by atoms with Crippen LogP contribution in [0.4, 0.5) is 5.69 Å². The number of nitrogens with zero attached hydrogens (tertiary/aromatic N) is 1. The van der Waals surface area contributed by atoms with Gasteiger partial charge in [-0.15, -0.1) is 0 Å². The number of methoxy groups -OCH3 is 2. The van der Waals surface area contributed by atoms with Crippen LogP contribution in [0.2, 0.25) is 0 Å². The number of rotatable bonds is 5. The second-order valence-corrected chi connectivity index (χ2v) is 4.72. The molecule has 2 aromatic carbocycles. The number of nitrogens with one attached hydrogen (secondary N) is 1. The van der Waals surface area contributed by atoms with E-state index in [1.165, 1.54) is 14.2 Å². The van der Waals surface area contributed by atoms with Gasteiger partial charge in [0.15, 0.2) is 5.57 Å². The van der Waals surface area contributed by atoms with Gasteiger partial charge in [-0.3, -0.25) is 4.79 Å². The fourth-order valence-electron chi connectivity index (χ4n) is 2.08. The van der Waals surface area contributed by atoms with Gasteiger partial charge in [0, 0.05) is 11.8 Å². The molecule has 1 amide bonds. The van der Waals surface area contributed by atoms with E-state index in [-0.39, 0.29) is 5.56 Å². The summed E-state index contributed by atoms with van der Waals surface area (Å²) >= 11 is 0. The summed E-state index contributed by atoms with van der Waals surface area (Å²) < 4.78 is 10.2. The van der Waals surface area contributed by atoms with Gasteiger partial charge in [-0.25, -0.2) is 0 Å².